The molecule has 28 heavy (non-hydrogen) atoms. The molecule has 0 saturated carbocycles. The van der Waals surface area contributed by atoms with Crippen molar-refractivity contribution in [2.45, 2.75) is 51.8 Å². The number of hydrogen-bond acceptors (Lipinski definition) is 5. The normalized spacial score (nSPS) is 26.4. The monoisotopic (exact) mass is 402 g/mol. The minimum atomic E-state index is -1.74. The highest BCUT2D eigenvalue weighted by Crippen LogP contribution is 2.46. The van der Waals surface area contributed by atoms with Gasteiger partial charge >= 0.3 is 11.9 Å². The second-order valence-corrected chi connectivity index (χ2v) is 13.0. The number of carbonyl (C=O) groups is 1. The van der Waals surface area contributed by atoms with E-state index < -0.39 is 14.0 Å². The third-order valence-corrected chi connectivity index (χ3v) is 7.56. The van der Waals surface area contributed by atoms with E-state index in [1.54, 1.807) is 0 Å². The number of ether oxygens (including phenoxy) is 4. The van der Waals surface area contributed by atoms with Crippen molar-refractivity contribution in [2.24, 2.45) is 5.41 Å². The van der Waals surface area contributed by atoms with E-state index in [4.69, 9.17) is 18.9 Å². The fourth-order valence-corrected chi connectivity index (χ4v) is 4.72. The molecule has 3 heterocycles. The number of esters is 1. The van der Waals surface area contributed by atoms with E-state index in [0.717, 1.165) is 30.0 Å². The molecule has 5 nitrogen and oxygen atoms in total. The van der Waals surface area contributed by atoms with Crippen LogP contribution in [0.3, 0.4) is 0 Å². The molecular formula is C22H30O5Si. The van der Waals surface area contributed by atoms with Gasteiger partial charge in [0.2, 0.25) is 0 Å². The van der Waals surface area contributed by atoms with Gasteiger partial charge in [0.1, 0.15) is 8.07 Å². The first kappa shape index (κ1) is 21.1. The van der Waals surface area contributed by atoms with E-state index in [-0.39, 0.29) is 11.4 Å². The van der Waals surface area contributed by atoms with Crippen LogP contribution in [0.2, 0.25) is 19.1 Å². The van der Waals surface area contributed by atoms with E-state index in [1.807, 2.05) is 24.3 Å². The smallest absolute Gasteiger partial charge is 0.312 e. The SMILES string of the molecule is CCCC12COC(c3ccc(C#C[Si](C)(C)CCOC(C)=O)cc3)(OC1)OC2. The summed E-state index contributed by atoms with van der Waals surface area (Å²) >= 11 is 0. The summed E-state index contributed by atoms with van der Waals surface area (Å²) < 4.78 is 23.1. The Morgan fingerprint density at radius 2 is 1.75 bits per heavy atom. The molecule has 3 aliphatic heterocycles. The summed E-state index contributed by atoms with van der Waals surface area (Å²) in [6, 6.07) is 8.72. The molecular weight excluding hydrogens is 372 g/mol. The zero-order valence-corrected chi connectivity index (χ0v) is 18.3. The summed E-state index contributed by atoms with van der Waals surface area (Å²) in [4.78, 5) is 10.9. The molecule has 3 aliphatic rings. The summed E-state index contributed by atoms with van der Waals surface area (Å²) in [5.41, 5.74) is 5.22. The second kappa shape index (κ2) is 8.38. The van der Waals surface area contributed by atoms with Crippen molar-refractivity contribution in [3.63, 3.8) is 0 Å². The Morgan fingerprint density at radius 3 is 2.29 bits per heavy atom. The van der Waals surface area contributed by atoms with Crippen molar-refractivity contribution in [3.05, 3.63) is 35.4 Å². The maximum Gasteiger partial charge on any atom is 0.312 e. The molecule has 152 valence electrons. The first-order valence-electron chi connectivity index (χ1n) is 9.97. The van der Waals surface area contributed by atoms with Gasteiger partial charge in [-0.2, -0.15) is 0 Å². The molecule has 0 radical (unpaired) electrons. The van der Waals surface area contributed by atoms with Gasteiger partial charge in [-0.05, 0) is 36.7 Å². The van der Waals surface area contributed by atoms with Gasteiger partial charge in [-0.3, -0.25) is 4.79 Å². The largest absolute Gasteiger partial charge is 0.466 e. The zero-order valence-electron chi connectivity index (χ0n) is 17.3. The molecule has 0 spiro atoms. The third-order valence-electron chi connectivity index (χ3n) is 5.30. The van der Waals surface area contributed by atoms with Gasteiger partial charge in [-0.1, -0.05) is 32.4 Å². The standard InChI is InChI=1S/C22H30O5Si/c1-5-11-21-15-25-22(26-16-21,27-17-21)20-8-6-19(7-9-20)10-13-28(3,4)14-12-24-18(2)23/h6-9H,5,11-12,14-17H2,1-4H3. The molecule has 0 N–H and O–H groups in total. The number of fused-ring (bicyclic) bond motifs is 3. The van der Waals surface area contributed by atoms with E-state index in [9.17, 15) is 4.79 Å². The van der Waals surface area contributed by atoms with E-state index in [0.29, 0.717) is 26.4 Å². The number of rotatable bonds is 6. The molecule has 2 bridgehead atoms. The quantitative estimate of drug-likeness (QED) is 0.411. The topological polar surface area (TPSA) is 54.0 Å². The zero-order chi connectivity index (χ0) is 20.3. The van der Waals surface area contributed by atoms with Crippen LogP contribution in [0.15, 0.2) is 24.3 Å². The van der Waals surface area contributed by atoms with Crippen LogP contribution in [-0.4, -0.2) is 40.5 Å². The molecule has 0 amide bonds. The van der Waals surface area contributed by atoms with Crippen molar-refractivity contribution in [1.29, 1.82) is 0 Å². The Morgan fingerprint density at radius 1 is 1.14 bits per heavy atom. The minimum Gasteiger partial charge on any atom is -0.466 e. The summed E-state index contributed by atoms with van der Waals surface area (Å²) in [6.07, 6.45) is 2.14. The molecule has 1 aromatic rings. The van der Waals surface area contributed by atoms with Gasteiger partial charge in [-0.15, -0.1) is 5.54 Å². The van der Waals surface area contributed by atoms with Crippen molar-refractivity contribution < 1.29 is 23.7 Å². The summed E-state index contributed by atoms with van der Waals surface area (Å²) in [6.45, 7) is 10.4. The van der Waals surface area contributed by atoms with Crippen LogP contribution in [0.25, 0.3) is 0 Å². The van der Waals surface area contributed by atoms with E-state index in [1.165, 1.54) is 6.92 Å². The second-order valence-electron chi connectivity index (χ2n) is 8.47. The van der Waals surface area contributed by atoms with E-state index in [2.05, 4.69) is 31.5 Å². The predicted molar refractivity (Wildman–Crippen MR) is 109 cm³/mol. The predicted octanol–water partition coefficient (Wildman–Crippen LogP) is 3.82. The lowest BCUT2D eigenvalue weighted by atomic mass is 9.83. The van der Waals surface area contributed by atoms with Crippen LogP contribution >= 0.6 is 0 Å². The molecule has 3 fully saturated rings. The summed E-state index contributed by atoms with van der Waals surface area (Å²) in [5.74, 6) is 1.96. The van der Waals surface area contributed by atoms with Crippen molar-refractivity contribution >= 4 is 14.0 Å². The highest BCUT2D eigenvalue weighted by Gasteiger charge is 2.53. The Balaban J connectivity index is 1.63. The van der Waals surface area contributed by atoms with E-state index >= 15 is 0 Å². The molecule has 0 atom stereocenters. The minimum absolute atomic E-state index is 0.00420. The van der Waals surface area contributed by atoms with Crippen LogP contribution < -0.4 is 0 Å². The van der Waals surface area contributed by atoms with Crippen LogP contribution in [0.4, 0.5) is 0 Å². The maximum absolute atomic E-state index is 10.9. The average Bonchev–Trinajstić information content (AvgIpc) is 2.68. The van der Waals surface area contributed by atoms with Crippen LogP contribution in [0.5, 0.6) is 0 Å². The highest BCUT2D eigenvalue weighted by atomic mass is 28.3. The van der Waals surface area contributed by atoms with Crippen molar-refractivity contribution in [2.75, 3.05) is 26.4 Å². The molecule has 1 aromatic carbocycles. The lowest BCUT2D eigenvalue weighted by molar-refractivity contribution is -0.480. The fraction of sp³-hybridized carbons (Fsp3) is 0.591. The number of benzene rings is 1. The number of hydrogen-bond donors (Lipinski definition) is 0. The lowest BCUT2D eigenvalue weighted by Gasteiger charge is -2.51. The third kappa shape index (κ3) is 4.84. The van der Waals surface area contributed by atoms with Gasteiger partial charge in [0, 0.05) is 23.5 Å². The molecule has 0 unspecified atom stereocenters. The van der Waals surface area contributed by atoms with Crippen molar-refractivity contribution in [3.8, 4) is 11.5 Å². The molecule has 6 heteroatoms. The van der Waals surface area contributed by atoms with Gasteiger partial charge in [-0.25, -0.2) is 0 Å². The summed E-state index contributed by atoms with van der Waals surface area (Å²) in [5, 5.41) is 0. The van der Waals surface area contributed by atoms with Gasteiger partial charge in [0.25, 0.3) is 0 Å². The Kier molecular flexibility index (Phi) is 6.30. The Labute approximate surface area is 168 Å². The Bertz CT molecular complexity index is 735. The van der Waals surface area contributed by atoms with Gasteiger partial charge in [0.05, 0.1) is 26.4 Å². The van der Waals surface area contributed by atoms with Gasteiger partial charge in [0.15, 0.2) is 0 Å². The molecule has 4 rings (SSSR count). The molecule has 0 aliphatic carbocycles. The van der Waals surface area contributed by atoms with Crippen LogP contribution in [-0.2, 0) is 29.7 Å². The average molecular weight is 403 g/mol. The first-order chi connectivity index (χ1) is 13.3. The van der Waals surface area contributed by atoms with Crippen molar-refractivity contribution in [1.82, 2.24) is 0 Å². The fourth-order valence-electron chi connectivity index (χ4n) is 3.50. The highest BCUT2D eigenvalue weighted by molar-refractivity contribution is 6.85. The molecule has 3 saturated heterocycles. The number of carbonyl (C=O) groups excluding carboxylic acids is 1. The Hall–Kier alpha value is -1.65. The summed E-state index contributed by atoms with van der Waals surface area (Å²) in [7, 11) is -1.74. The molecule has 0 aromatic heterocycles. The lowest BCUT2D eigenvalue weighted by Crippen LogP contribution is -2.58. The van der Waals surface area contributed by atoms with Crippen LogP contribution in [0.1, 0.15) is 37.8 Å². The van der Waals surface area contributed by atoms with Gasteiger partial charge < -0.3 is 18.9 Å². The van der Waals surface area contributed by atoms with Crippen LogP contribution in [0, 0.1) is 16.9 Å². The first-order valence-corrected chi connectivity index (χ1v) is 13.2. The maximum atomic E-state index is 10.9.